The van der Waals surface area contributed by atoms with Crippen molar-refractivity contribution in [3.63, 3.8) is 0 Å². The Labute approximate surface area is 150 Å². The molecule has 0 aliphatic heterocycles. The van der Waals surface area contributed by atoms with E-state index in [2.05, 4.69) is 35.2 Å². The van der Waals surface area contributed by atoms with Gasteiger partial charge in [-0.1, -0.05) is 42.5 Å². The number of aliphatic hydroxyl groups excluding tert-OH is 1. The summed E-state index contributed by atoms with van der Waals surface area (Å²) >= 11 is 0. The second kappa shape index (κ2) is 9.02. The van der Waals surface area contributed by atoms with Gasteiger partial charge in [-0.25, -0.2) is 0 Å². The lowest BCUT2D eigenvalue weighted by molar-refractivity contribution is 0.0480. The first-order valence-corrected chi connectivity index (χ1v) is 9.44. The van der Waals surface area contributed by atoms with Gasteiger partial charge < -0.3 is 10.2 Å². The third-order valence-corrected chi connectivity index (χ3v) is 5.51. The van der Waals surface area contributed by atoms with Crippen LogP contribution in [0.4, 0.5) is 0 Å². The van der Waals surface area contributed by atoms with Crippen molar-refractivity contribution in [1.29, 1.82) is 0 Å². The second-order valence-corrected chi connectivity index (χ2v) is 7.14. The summed E-state index contributed by atoms with van der Waals surface area (Å²) in [5.74, 6) is 0.920. The lowest BCUT2D eigenvalue weighted by Gasteiger charge is -2.36. The molecule has 0 saturated heterocycles. The molecule has 2 N–H and O–H groups in total. The molecule has 1 fully saturated rings. The molecule has 3 nitrogen and oxygen atoms in total. The zero-order chi connectivity index (χ0) is 17.5. The van der Waals surface area contributed by atoms with Crippen LogP contribution in [0.1, 0.15) is 49.1 Å². The molecule has 25 heavy (non-hydrogen) atoms. The number of benzene rings is 2. The Morgan fingerprint density at radius 1 is 0.880 bits per heavy atom. The number of phenols is 1. The highest BCUT2D eigenvalue weighted by molar-refractivity contribution is 5.28. The number of hydrogen-bond donors (Lipinski definition) is 2. The number of hydrogen-bond acceptors (Lipinski definition) is 3. The van der Waals surface area contributed by atoms with Crippen LogP contribution >= 0.6 is 0 Å². The quantitative estimate of drug-likeness (QED) is 0.739. The summed E-state index contributed by atoms with van der Waals surface area (Å²) < 4.78 is 0. The predicted molar refractivity (Wildman–Crippen MR) is 102 cm³/mol. The fourth-order valence-electron chi connectivity index (χ4n) is 4.02. The first-order chi connectivity index (χ1) is 12.3. The van der Waals surface area contributed by atoms with Gasteiger partial charge in [-0.05, 0) is 67.7 Å². The molecule has 2 aromatic rings. The molecule has 0 bridgehead atoms. The highest BCUT2D eigenvalue weighted by Gasteiger charge is 2.26. The summed E-state index contributed by atoms with van der Waals surface area (Å²) in [6, 6.07) is 18.7. The molecule has 0 spiro atoms. The summed E-state index contributed by atoms with van der Waals surface area (Å²) in [5, 5.41) is 19.2. The molecule has 1 aliphatic carbocycles. The minimum absolute atomic E-state index is 0.156. The van der Waals surface area contributed by atoms with Crippen molar-refractivity contribution in [2.75, 3.05) is 13.3 Å². The van der Waals surface area contributed by atoms with Crippen molar-refractivity contribution in [2.45, 2.75) is 50.5 Å². The average Bonchev–Trinajstić information content (AvgIpc) is 2.67. The predicted octanol–water partition coefficient (Wildman–Crippen LogP) is 4.30. The van der Waals surface area contributed by atoms with Crippen LogP contribution in [0.3, 0.4) is 0 Å². The van der Waals surface area contributed by atoms with Crippen LogP contribution in [-0.2, 0) is 6.42 Å². The largest absolute Gasteiger partial charge is 0.508 e. The van der Waals surface area contributed by atoms with Crippen molar-refractivity contribution < 1.29 is 10.2 Å². The number of phenolic OH excluding ortho intramolecular Hbond substituents is 1. The van der Waals surface area contributed by atoms with Gasteiger partial charge in [-0.3, -0.25) is 4.90 Å². The number of aromatic hydroxyl groups is 1. The maximum atomic E-state index is 9.79. The molecule has 0 heterocycles. The van der Waals surface area contributed by atoms with E-state index in [9.17, 15) is 10.2 Å². The smallest absolute Gasteiger partial charge is 0.115 e. The molecule has 0 unspecified atom stereocenters. The normalized spacial score (nSPS) is 20.7. The van der Waals surface area contributed by atoms with Crippen LogP contribution < -0.4 is 0 Å². The van der Waals surface area contributed by atoms with Crippen molar-refractivity contribution in [2.24, 2.45) is 0 Å². The van der Waals surface area contributed by atoms with E-state index in [0.29, 0.717) is 17.7 Å². The van der Waals surface area contributed by atoms with Gasteiger partial charge in [-0.15, -0.1) is 0 Å². The van der Waals surface area contributed by atoms with Crippen molar-refractivity contribution >= 4 is 0 Å². The van der Waals surface area contributed by atoms with Crippen LogP contribution in [0.5, 0.6) is 5.75 Å². The van der Waals surface area contributed by atoms with Crippen LogP contribution in [0.15, 0.2) is 54.6 Å². The fourth-order valence-corrected chi connectivity index (χ4v) is 4.02. The third kappa shape index (κ3) is 5.07. The molecule has 0 amide bonds. The van der Waals surface area contributed by atoms with E-state index in [-0.39, 0.29) is 6.73 Å². The van der Waals surface area contributed by atoms with Crippen molar-refractivity contribution in [1.82, 2.24) is 4.90 Å². The Hall–Kier alpha value is -1.84. The minimum Gasteiger partial charge on any atom is -0.508 e. The maximum Gasteiger partial charge on any atom is 0.115 e. The highest BCUT2D eigenvalue weighted by Crippen LogP contribution is 2.35. The van der Waals surface area contributed by atoms with Gasteiger partial charge in [0.05, 0.1) is 6.73 Å². The lowest BCUT2D eigenvalue weighted by Crippen LogP contribution is -2.39. The van der Waals surface area contributed by atoms with Gasteiger partial charge in [0.15, 0.2) is 0 Å². The van der Waals surface area contributed by atoms with E-state index < -0.39 is 0 Å². The molecule has 0 aromatic heterocycles. The summed E-state index contributed by atoms with van der Waals surface area (Å²) in [6.07, 6.45) is 6.74. The first-order valence-electron chi connectivity index (χ1n) is 9.44. The van der Waals surface area contributed by atoms with E-state index >= 15 is 0 Å². The van der Waals surface area contributed by atoms with Crippen LogP contribution in [0.2, 0.25) is 0 Å². The Morgan fingerprint density at radius 2 is 1.56 bits per heavy atom. The van der Waals surface area contributed by atoms with E-state index in [0.717, 1.165) is 45.1 Å². The summed E-state index contributed by atoms with van der Waals surface area (Å²) in [4.78, 5) is 2.25. The third-order valence-electron chi connectivity index (χ3n) is 5.51. The molecular weight excluding hydrogens is 310 g/mol. The molecule has 2 aromatic carbocycles. The molecule has 0 atom stereocenters. The topological polar surface area (TPSA) is 43.7 Å². The monoisotopic (exact) mass is 339 g/mol. The van der Waals surface area contributed by atoms with Crippen LogP contribution in [-0.4, -0.2) is 34.4 Å². The van der Waals surface area contributed by atoms with E-state index in [1.165, 1.54) is 11.1 Å². The molecule has 1 saturated carbocycles. The Bertz CT molecular complexity index is 618. The number of rotatable bonds is 7. The molecular formula is C22H29NO2. The number of aryl methyl sites for hydroxylation is 1. The summed E-state index contributed by atoms with van der Waals surface area (Å²) in [6.45, 7) is 1.11. The molecule has 3 rings (SSSR count). The summed E-state index contributed by atoms with van der Waals surface area (Å²) in [5.41, 5.74) is 2.70. The minimum atomic E-state index is 0.156. The van der Waals surface area contributed by atoms with Gasteiger partial charge >= 0.3 is 0 Å². The molecule has 0 radical (unpaired) electrons. The first kappa shape index (κ1) is 18.0. The standard InChI is InChI=1S/C22H29NO2/c24-17-23(16-4-7-18-5-2-1-3-6-18)21-12-8-19(9-13-21)20-10-14-22(25)15-11-20/h1-3,5-6,10-11,14-15,19,21,24-25H,4,7-9,12-13,16-17H2/t19-,21-. The van der Waals surface area contributed by atoms with Gasteiger partial charge in [0.25, 0.3) is 0 Å². The van der Waals surface area contributed by atoms with Crippen molar-refractivity contribution in [3.05, 3.63) is 65.7 Å². The average molecular weight is 339 g/mol. The maximum absolute atomic E-state index is 9.79. The highest BCUT2D eigenvalue weighted by atomic mass is 16.3. The molecule has 3 heteroatoms. The fraction of sp³-hybridized carbons (Fsp3) is 0.455. The lowest BCUT2D eigenvalue weighted by atomic mass is 9.81. The van der Waals surface area contributed by atoms with Crippen molar-refractivity contribution in [3.8, 4) is 5.75 Å². The van der Waals surface area contributed by atoms with E-state index in [1.54, 1.807) is 12.1 Å². The van der Waals surface area contributed by atoms with Crippen LogP contribution in [0, 0.1) is 0 Å². The number of nitrogens with zero attached hydrogens (tertiary/aromatic N) is 1. The van der Waals surface area contributed by atoms with Gasteiger partial charge in [0.1, 0.15) is 5.75 Å². The van der Waals surface area contributed by atoms with E-state index in [1.807, 2.05) is 12.1 Å². The van der Waals surface area contributed by atoms with Gasteiger partial charge in [0, 0.05) is 12.6 Å². The molecule has 134 valence electrons. The molecule has 1 aliphatic rings. The zero-order valence-corrected chi connectivity index (χ0v) is 14.8. The van der Waals surface area contributed by atoms with E-state index in [4.69, 9.17) is 0 Å². The van der Waals surface area contributed by atoms with Gasteiger partial charge in [0.2, 0.25) is 0 Å². The second-order valence-electron chi connectivity index (χ2n) is 7.14. The summed E-state index contributed by atoms with van der Waals surface area (Å²) in [7, 11) is 0. The van der Waals surface area contributed by atoms with Crippen LogP contribution in [0.25, 0.3) is 0 Å². The van der Waals surface area contributed by atoms with Gasteiger partial charge in [-0.2, -0.15) is 0 Å². The Kier molecular flexibility index (Phi) is 6.48. The Balaban J connectivity index is 1.46. The SMILES string of the molecule is OCN(CCCc1ccccc1)[C@H]1CC[C@H](c2ccc(O)cc2)CC1. The Morgan fingerprint density at radius 3 is 2.20 bits per heavy atom. The zero-order valence-electron chi connectivity index (χ0n) is 14.8. The number of aliphatic hydroxyl groups is 1.